The zero-order valence-electron chi connectivity index (χ0n) is 15.2. The minimum atomic E-state index is -4.48. The third-order valence-electron chi connectivity index (χ3n) is 3.78. The Balaban J connectivity index is 2.26. The Bertz CT molecular complexity index is 561. The first kappa shape index (κ1) is 22.6. The molecule has 1 rings (SSSR count). The third kappa shape index (κ3) is 7.87. The van der Waals surface area contributed by atoms with E-state index in [0.29, 0.717) is 13.2 Å². The molecule has 0 aliphatic rings. The van der Waals surface area contributed by atoms with Crippen molar-refractivity contribution in [1.29, 1.82) is 0 Å². The number of unbranched alkanes of at least 4 members (excludes halogenated alkanes) is 1. The molecule has 1 aromatic carbocycles. The van der Waals surface area contributed by atoms with Crippen LogP contribution in [0.4, 0.5) is 13.2 Å². The first-order valence-electron chi connectivity index (χ1n) is 8.77. The Morgan fingerprint density at radius 1 is 1.08 bits per heavy atom. The fraction of sp³-hybridized carbons (Fsp3) is 0.579. The van der Waals surface area contributed by atoms with Crippen LogP contribution in [0.5, 0.6) is 11.5 Å². The molecule has 0 aliphatic carbocycles. The number of aryl methyl sites for hydroxylation is 2. The van der Waals surface area contributed by atoms with Crippen LogP contribution in [0.2, 0.25) is 0 Å². The minimum Gasteiger partial charge on any atom is -0.508 e. The van der Waals surface area contributed by atoms with Gasteiger partial charge in [0.25, 0.3) is 0 Å². The highest BCUT2D eigenvalue weighted by Gasteiger charge is 2.31. The van der Waals surface area contributed by atoms with Crippen LogP contribution < -0.4 is 4.74 Å². The number of phenolic OH excluding ortho intramolecular Hbond substituents is 1. The first-order chi connectivity index (χ1) is 12.3. The quantitative estimate of drug-likeness (QED) is 0.484. The SMILES string of the molecule is CCc1cc(O)cc(CC)c1OCCCCOCCC=C(Cl)C(F)(F)F. The lowest BCUT2D eigenvalue weighted by Gasteiger charge is -2.15. The normalized spacial score (nSPS) is 12.5. The lowest BCUT2D eigenvalue weighted by Crippen LogP contribution is -2.07. The molecule has 0 amide bonds. The molecule has 0 fully saturated rings. The van der Waals surface area contributed by atoms with E-state index < -0.39 is 11.2 Å². The molecule has 0 radical (unpaired) electrons. The molecular formula is C19H26ClF3O3. The average Bonchev–Trinajstić information content (AvgIpc) is 2.59. The van der Waals surface area contributed by atoms with Crippen LogP contribution in [0.1, 0.15) is 44.2 Å². The van der Waals surface area contributed by atoms with Gasteiger partial charge in [0, 0.05) is 6.61 Å². The zero-order chi connectivity index (χ0) is 19.6. The smallest absolute Gasteiger partial charge is 0.426 e. The van der Waals surface area contributed by atoms with Gasteiger partial charge in [0.1, 0.15) is 16.5 Å². The molecule has 1 N–H and O–H groups in total. The van der Waals surface area contributed by atoms with Crippen LogP contribution in [-0.4, -0.2) is 31.1 Å². The van der Waals surface area contributed by atoms with Gasteiger partial charge in [-0.05, 0) is 55.4 Å². The van der Waals surface area contributed by atoms with Gasteiger partial charge in [-0.25, -0.2) is 0 Å². The second kappa shape index (κ2) is 11.3. The Labute approximate surface area is 157 Å². The van der Waals surface area contributed by atoms with Crippen molar-refractivity contribution in [3.63, 3.8) is 0 Å². The standard InChI is InChI=1S/C19H26ClF3O3/c1-3-14-12-16(24)13-15(4-2)18(14)26-11-6-5-9-25-10-7-8-17(20)19(21,22)23/h8,12-13,24H,3-7,9-11H2,1-2H3. The molecule has 0 aliphatic heterocycles. The molecule has 0 aromatic heterocycles. The molecule has 0 saturated carbocycles. The van der Waals surface area contributed by atoms with Crippen molar-refractivity contribution in [1.82, 2.24) is 0 Å². The number of hydrogen-bond donors (Lipinski definition) is 1. The maximum absolute atomic E-state index is 12.2. The van der Waals surface area contributed by atoms with E-state index in [-0.39, 0.29) is 18.8 Å². The van der Waals surface area contributed by atoms with Crippen LogP contribution in [0, 0.1) is 0 Å². The van der Waals surface area contributed by atoms with Gasteiger partial charge in [0.15, 0.2) is 0 Å². The number of alkyl halides is 3. The van der Waals surface area contributed by atoms with Crippen LogP contribution in [0.15, 0.2) is 23.2 Å². The Kier molecular flexibility index (Phi) is 9.88. The van der Waals surface area contributed by atoms with Crippen LogP contribution in [-0.2, 0) is 17.6 Å². The van der Waals surface area contributed by atoms with Crippen molar-refractivity contribution >= 4 is 11.6 Å². The van der Waals surface area contributed by atoms with Gasteiger partial charge in [0.2, 0.25) is 0 Å². The van der Waals surface area contributed by atoms with Crippen molar-refractivity contribution in [2.45, 2.75) is 52.1 Å². The van der Waals surface area contributed by atoms with Gasteiger partial charge in [0.05, 0.1) is 13.2 Å². The Hall–Kier alpha value is -1.40. The van der Waals surface area contributed by atoms with Gasteiger partial charge in [-0.2, -0.15) is 13.2 Å². The molecule has 0 spiro atoms. The lowest BCUT2D eigenvalue weighted by molar-refractivity contribution is -0.0848. The summed E-state index contributed by atoms with van der Waals surface area (Å²) in [7, 11) is 0. The second-order valence-corrected chi connectivity index (χ2v) is 6.21. The summed E-state index contributed by atoms with van der Waals surface area (Å²) in [5.41, 5.74) is 1.96. The highest BCUT2D eigenvalue weighted by molar-refractivity contribution is 6.30. The molecule has 0 atom stereocenters. The van der Waals surface area contributed by atoms with Gasteiger partial charge in [-0.3, -0.25) is 0 Å². The van der Waals surface area contributed by atoms with E-state index in [1.807, 2.05) is 13.8 Å². The zero-order valence-corrected chi connectivity index (χ0v) is 15.9. The summed E-state index contributed by atoms with van der Waals surface area (Å²) in [6, 6.07) is 3.44. The summed E-state index contributed by atoms with van der Waals surface area (Å²) >= 11 is 5.10. The van der Waals surface area contributed by atoms with Crippen molar-refractivity contribution < 1.29 is 27.8 Å². The molecule has 0 unspecified atom stereocenters. The average molecular weight is 395 g/mol. The Morgan fingerprint density at radius 3 is 2.19 bits per heavy atom. The predicted molar refractivity (Wildman–Crippen MR) is 97.0 cm³/mol. The maximum atomic E-state index is 12.2. The summed E-state index contributed by atoms with van der Waals surface area (Å²) in [5, 5.41) is 8.62. The van der Waals surface area contributed by atoms with Crippen molar-refractivity contribution in [3.8, 4) is 11.5 Å². The van der Waals surface area contributed by atoms with Crippen LogP contribution in [0.3, 0.4) is 0 Å². The van der Waals surface area contributed by atoms with E-state index in [1.54, 1.807) is 12.1 Å². The Morgan fingerprint density at radius 2 is 1.65 bits per heavy atom. The largest absolute Gasteiger partial charge is 0.508 e. The molecule has 3 nitrogen and oxygen atoms in total. The number of allylic oxidation sites excluding steroid dienone is 1. The monoisotopic (exact) mass is 394 g/mol. The fourth-order valence-electron chi connectivity index (χ4n) is 2.41. The number of hydrogen-bond acceptors (Lipinski definition) is 3. The highest BCUT2D eigenvalue weighted by atomic mass is 35.5. The van der Waals surface area contributed by atoms with E-state index in [1.165, 1.54) is 0 Å². The fourth-order valence-corrected chi connectivity index (χ4v) is 2.52. The number of benzene rings is 1. The van der Waals surface area contributed by atoms with Crippen LogP contribution >= 0.6 is 11.6 Å². The van der Waals surface area contributed by atoms with Gasteiger partial charge in [-0.1, -0.05) is 31.5 Å². The molecule has 0 bridgehead atoms. The van der Waals surface area contributed by atoms with Gasteiger partial charge in [-0.15, -0.1) is 0 Å². The van der Waals surface area contributed by atoms with E-state index in [2.05, 4.69) is 0 Å². The maximum Gasteiger partial charge on any atom is 0.426 e. The summed E-state index contributed by atoms with van der Waals surface area (Å²) in [6.45, 7) is 5.19. The summed E-state index contributed by atoms with van der Waals surface area (Å²) < 4.78 is 47.7. The minimum absolute atomic E-state index is 0.127. The molecule has 7 heteroatoms. The molecule has 1 aromatic rings. The van der Waals surface area contributed by atoms with Gasteiger partial charge < -0.3 is 14.6 Å². The molecular weight excluding hydrogens is 369 g/mol. The number of halogens is 4. The molecule has 0 saturated heterocycles. The molecule has 148 valence electrons. The van der Waals surface area contributed by atoms with Crippen LogP contribution in [0.25, 0.3) is 0 Å². The van der Waals surface area contributed by atoms with E-state index in [9.17, 15) is 18.3 Å². The molecule has 26 heavy (non-hydrogen) atoms. The molecule has 0 heterocycles. The summed E-state index contributed by atoms with van der Waals surface area (Å²) in [6.07, 6.45) is -0.371. The van der Waals surface area contributed by atoms with Gasteiger partial charge >= 0.3 is 6.18 Å². The van der Waals surface area contributed by atoms with E-state index in [4.69, 9.17) is 21.1 Å². The highest BCUT2D eigenvalue weighted by Crippen LogP contribution is 2.30. The van der Waals surface area contributed by atoms with Crippen molar-refractivity contribution in [2.24, 2.45) is 0 Å². The summed E-state index contributed by atoms with van der Waals surface area (Å²) in [4.78, 5) is 0. The topological polar surface area (TPSA) is 38.7 Å². The number of aromatic hydroxyl groups is 1. The first-order valence-corrected chi connectivity index (χ1v) is 9.15. The number of rotatable bonds is 11. The van der Waals surface area contributed by atoms with E-state index in [0.717, 1.165) is 48.6 Å². The second-order valence-electron chi connectivity index (χ2n) is 5.81. The summed E-state index contributed by atoms with van der Waals surface area (Å²) in [5.74, 6) is 1.08. The third-order valence-corrected chi connectivity index (χ3v) is 4.14. The lowest BCUT2D eigenvalue weighted by atomic mass is 10.0. The number of phenols is 1. The van der Waals surface area contributed by atoms with E-state index >= 15 is 0 Å². The van der Waals surface area contributed by atoms with Crippen molar-refractivity contribution in [3.05, 3.63) is 34.4 Å². The predicted octanol–water partition coefficient (Wildman–Crippen LogP) is 5.77. The number of ether oxygens (including phenoxy) is 2. The van der Waals surface area contributed by atoms with Crippen molar-refractivity contribution in [2.75, 3.05) is 19.8 Å².